The highest BCUT2D eigenvalue weighted by Crippen LogP contribution is 2.26. The smallest absolute Gasteiger partial charge is 0.135 e. The van der Waals surface area contributed by atoms with E-state index in [-0.39, 0.29) is 0 Å². The average molecular weight is 172 g/mol. The van der Waals surface area contributed by atoms with Crippen molar-refractivity contribution in [2.45, 2.75) is 13.3 Å². The van der Waals surface area contributed by atoms with Crippen molar-refractivity contribution in [1.82, 2.24) is 0 Å². The van der Waals surface area contributed by atoms with Crippen molar-refractivity contribution in [3.05, 3.63) is 42.2 Å². The van der Waals surface area contributed by atoms with E-state index < -0.39 is 0 Å². The van der Waals surface area contributed by atoms with Crippen LogP contribution in [0.15, 0.2) is 35.3 Å². The monoisotopic (exact) mass is 172 g/mol. The maximum absolute atomic E-state index is 5.62. The number of aryl methyl sites for hydroxylation is 1. The third kappa shape index (κ3) is 1.17. The zero-order chi connectivity index (χ0) is 9.26. The minimum absolute atomic E-state index is 0.906. The molecule has 0 bridgehead atoms. The Morgan fingerprint density at radius 3 is 2.85 bits per heavy atom. The molecule has 0 aliphatic rings. The van der Waals surface area contributed by atoms with Gasteiger partial charge in [-0.05, 0) is 18.6 Å². The fourth-order valence-electron chi connectivity index (χ4n) is 1.65. The van der Waals surface area contributed by atoms with Gasteiger partial charge in [-0.15, -0.1) is 0 Å². The van der Waals surface area contributed by atoms with Gasteiger partial charge in [-0.2, -0.15) is 0 Å². The Morgan fingerprint density at radius 2 is 2.15 bits per heavy atom. The second-order valence-electron chi connectivity index (χ2n) is 3.00. The Labute approximate surface area is 77.7 Å². The van der Waals surface area contributed by atoms with Crippen molar-refractivity contribution >= 4 is 17.0 Å². The van der Waals surface area contributed by atoms with Crippen LogP contribution < -0.4 is 0 Å². The van der Waals surface area contributed by atoms with E-state index in [0.29, 0.717) is 0 Å². The topological polar surface area (TPSA) is 13.1 Å². The van der Waals surface area contributed by atoms with Crippen LogP contribution in [0.5, 0.6) is 0 Å². The molecule has 0 saturated carbocycles. The zero-order valence-electron chi connectivity index (χ0n) is 7.71. The lowest BCUT2D eigenvalue weighted by Crippen LogP contribution is -1.78. The van der Waals surface area contributed by atoms with Gasteiger partial charge in [-0.3, -0.25) is 0 Å². The minimum atomic E-state index is 0.906. The van der Waals surface area contributed by atoms with Gasteiger partial charge in [0.15, 0.2) is 0 Å². The molecule has 13 heavy (non-hydrogen) atoms. The van der Waals surface area contributed by atoms with Crippen molar-refractivity contribution < 1.29 is 4.42 Å². The maximum atomic E-state index is 5.62. The van der Waals surface area contributed by atoms with E-state index in [1.807, 2.05) is 18.2 Å². The quantitative estimate of drug-likeness (QED) is 0.674. The first-order chi connectivity index (χ1) is 6.36. The van der Waals surface area contributed by atoms with Crippen LogP contribution >= 0.6 is 0 Å². The second kappa shape index (κ2) is 3.09. The van der Waals surface area contributed by atoms with E-state index in [2.05, 4.69) is 19.6 Å². The number of hydrogen-bond donors (Lipinski definition) is 0. The summed E-state index contributed by atoms with van der Waals surface area (Å²) in [5, 5.41) is 1.21. The molecule has 1 aromatic heterocycles. The Balaban J connectivity index is 2.81. The highest BCUT2D eigenvalue weighted by atomic mass is 16.3. The number of para-hydroxylation sites is 1. The summed E-state index contributed by atoms with van der Waals surface area (Å²) in [5.74, 6) is 0.906. The molecule has 0 atom stereocenters. The number of rotatable bonds is 2. The molecule has 1 aromatic carbocycles. The molecule has 2 aromatic rings. The summed E-state index contributed by atoms with van der Waals surface area (Å²) in [6.07, 6.45) is 2.76. The largest absolute Gasteiger partial charge is 0.456 e. The summed E-state index contributed by atoms with van der Waals surface area (Å²) < 4.78 is 5.62. The van der Waals surface area contributed by atoms with Crippen LogP contribution in [0, 0.1) is 0 Å². The van der Waals surface area contributed by atoms with Crippen LogP contribution in [-0.4, -0.2) is 0 Å². The zero-order valence-corrected chi connectivity index (χ0v) is 7.71. The average Bonchev–Trinajstić information content (AvgIpc) is 2.55. The van der Waals surface area contributed by atoms with Gasteiger partial charge in [0.1, 0.15) is 11.3 Å². The van der Waals surface area contributed by atoms with Crippen LogP contribution in [-0.2, 0) is 6.42 Å². The van der Waals surface area contributed by atoms with E-state index in [9.17, 15) is 0 Å². The predicted molar refractivity (Wildman–Crippen MR) is 55.7 cm³/mol. The summed E-state index contributed by atoms with van der Waals surface area (Å²) in [7, 11) is 0. The number of benzene rings is 1. The van der Waals surface area contributed by atoms with Crippen molar-refractivity contribution in [1.29, 1.82) is 0 Å². The van der Waals surface area contributed by atoms with E-state index in [4.69, 9.17) is 4.42 Å². The Kier molecular flexibility index (Phi) is 1.93. The summed E-state index contributed by atoms with van der Waals surface area (Å²) in [6.45, 7) is 5.87. The lowest BCUT2D eigenvalue weighted by Gasteiger charge is -1.91. The molecule has 0 unspecified atom stereocenters. The number of fused-ring (bicyclic) bond motifs is 1. The standard InChI is InChI=1S/C12H12O/c1-3-9-10-7-5-6-8-12(10)13-11(9)4-2/h4-8H,2-3H2,1H3. The first kappa shape index (κ1) is 8.11. The summed E-state index contributed by atoms with van der Waals surface area (Å²) in [4.78, 5) is 0. The van der Waals surface area contributed by atoms with E-state index in [1.54, 1.807) is 6.08 Å². The van der Waals surface area contributed by atoms with Crippen molar-refractivity contribution in [2.75, 3.05) is 0 Å². The fourth-order valence-corrected chi connectivity index (χ4v) is 1.65. The molecule has 1 nitrogen and oxygen atoms in total. The van der Waals surface area contributed by atoms with Crippen LogP contribution in [0.2, 0.25) is 0 Å². The molecule has 0 aliphatic heterocycles. The molecule has 0 fully saturated rings. The molecule has 0 aliphatic carbocycles. The van der Waals surface area contributed by atoms with Gasteiger partial charge < -0.3 is 4.42 Å². The van der Waals surface area contributed by atoms with Gasteiger partial charge in [-0.25, -0.2) is 0 Å². The van der Waals surface area contributed by atoms with Gasteiger partial charge in [0.25, 0.3) is 0 Å². The first-order valence-corrected chi connectivity index (χ1v) is 4.49. The first-order valence-electron chi connectivity index (χ1n) is 4.49. The predicted octanol–water partition coefficient (Wildman–Crippen LogP) is 3.64. The maximum Gasteiger partial charge on any atom is 0.135 e. The molecule has 0 amide bonds. The van der Waals surface area contributed by atoms with Gasteiger partial charge in [-0.1, -0.05) is 31.7 Å². The molecule has 1 heterocycles. The van der Waals surface area contributed by atoms with Gasteiger partial charge in [0.2, 0.25) is 0 Å². The van der Waals surface area contributed by atoms with Crippen molar-refractivity contribution in [3.8, 4) is 0 Å². The van der Waals surface area contributed by atoms with E-state index in [0.717, 1.165) is 17.8 Å². The van der Waals surface area contributed by atoms with E-state index >= 15 is 0 Å². The Hall–Kier alpha value is -1.50. The second-order valence-corrected chi connectivity index (χ2v) is 3.00. The van der Waals surface area contributed by atoms with Gasteiger partial charge >= 0.3 is 0 Å². The molecular weight excluding hydrogens is 160 g/mol. The van der Waals surface area contributed by atoms with Crippen LogP contribution in [0.1, 0.15) is 18.2 Å². The molecule has 0 radical (unpaired) electrons. The molecule has 0 saturated heterocycles. The molecular formula is C12H12O. The molecule has 2 rings (SSSR count). The Bertz CT molecular complexity index is 437. The fraction of sp³-hybridized carbons (Fsp3) is 0.167. The van der Waals surface area contributed by atoms with Gasteiger partial charge in [0, 0.05) is 10.9 Å². The highest BCUT2D eigenvalue weighted by Gasteiger charge is 2.08. The number of hydrogen-bond acceptors (Lipinski definition) is 1. The summed E-state index contributed by atoms with van der Waals surface area (Å²) in [6, 6.07) is 8.09. The SMILES string of the molecule is C=Cc1oc2ccccc2c1CC. The normalized spacial score (nSPS) is 10.5. The third-order valence-electron chi connectivity index (χ3n) is 2.27. The van der Waals surface area contributed by atoms with Crippen LogP contribution in [0.25, 0.3) is 17.0 Å². The van der Waals surface area contributed by atoms with Gasteiger partial charge in [0.05, 0.1) is 0 Å². The van der Waals surface area contributed by atoms with Crippen LogP contribution in [0.3, 0.4) is 0 Å². The highest BCUT2D eigenvalue weighted by molar-refractivity contribution is 5.84. The van der Waals surface area contributed by atoms with Crippen molar-refractivity contribution in [3.63, 3.8) is 0 Å². The van der Waals surface area contributed by atoms with Crippen molar-refractivity contribution in [2.24, 2.45) is 0 Å². The molecule has 1 heteroatoms. The number of furan rings is 1. The van der Waals surface area contributed by atoms with Crippen LogP contribution in [0.4, 0.5) is 0 Å². The third-order valence-corrected chi connectivity index (χ3v) is 2.27. The Morgan fingerprint density at radius 1 is 1.38 bits per heavy atom. The minimum Gasteiger partial charge on any atom is -0.456 e. The summed E-state index contributed by atoms with van der Waals surface area (Å²) >= 11 is 0. The summed E-state index contributed by atoms with van der Waals surface area (Å²) in [5.41, 5.74) is 2.21. The lowest BCUT2D eigenvalue weighted by molar-refractivity contribution is 0.599. The molecule has 66 valence electrons. The van der Waals surface area contributed by atoms with E-state index in [1.165, 1.54) is 10.9 Å². The molecule has 0 spiro atoms. The molecule has 0 N–H and O–H groups in total. The lowest BCUT2D eigenvalue weighted by atomic mass is 10.1.